The summed E-state index contributed by atoms with van der Waals surface area (Å²) in [5.41, 5.74) is -0.732. The van der Waals surface area contributed by atoms with Gasteiger partial charge >= 0.3 is 6.18 Å². The van der Waals surface area contributed by atoms with Crippen LogP contribution in [0, 0.1) is 0 Å². The number of nitrogens with zero attached hydrogens (tertiary/aromatic N) is 1. The first-order valence-electron chi connectivity index (χ1n) is 7.84. The van der Waals surface area contributed by atoms with Gasteiger partial charge in [-0.2, -0.15) is 13.2 Å². The van der Waals surface area contributed by atoms with Gasteiger partial charge in [-0.3, -0.25) is 9.59 Å². The van der Waals surface area contributed by atoms with E-state index in [1.807, 2.05) is 20.8 Å². The Kier molecular flexibility index (Phi) is 5.41. The minimum atomic E-state index is -4.41. The zero-order chi connectivity index (χ0) is 18.8. The average molecular weight is 358 g/mol. The Bertz CT molecular complexity index is 636. The lowest BCUT2D eigenvalue weighted by molar-refractivity contribution is -0.151. The molecule has 5 nitrogen and oxygen atoms in total. The average Bonchev–Trinajstić information content (AvgIpc) is 2.49. The van der Waals surface area contributed by atoms with Crippen LogP contribution in [0.3, 0.4) is 0 Å². The number of hydrogen-bond donors (Lipinski definition) is 1. The fraction of sp³-hybridized carbons (Fsp3) is 0.529. The maximum absolute atomic E-state index is 12.6. The largest absolute Gasteiger partial charge is 0.416 e. The normalized spacial score (nSPS) is 19.1. The molecule has 2 rings (SSSR count). The zero-order valence-electron chi connectivity index (χ0n) is 14.3. The van der Waals surface area contributed by atoms with Gasteiger partial charge in [0.15, 0.2) is 0 Å². The molecule has 1 N–H and O–H groups in total. The Morgan fingerprint density at radius 3 is 2.28 bits per heavy atom. The molecule has 0 aromatic heterocycles. The SMILES string of the molecule is CC(C)(C)OC[C@H]1C(=O)NCC(=O)N1Cc1ccc(C(F)(F)F)cc1. The molecule has 25 heavy (non-hydrogen) atoms. The summed E-state index contributed by atoms with van der Waals surface area (Å²) >= 11 is 0. The Hall–Kier alpha value is -2.09. The van der Waals surface area contributed by atoms with Gasteiger partial charge in [0.1, 0.15) is 6.04 Å². The number of rotatable bonds is 4. The molecule has 1 aliphatic heterocycles. The maximum atomic E-state index is 12.6. The number of nitrogens with one attached hydrogen (secondary N) is 1. The standard InChI is InChI=1S/C17H21F3N2O3/c1-16(2,3)25-10-13-15(24)21-8-14(23)22(13)9-11-4-6-12(7-5-11)17(18,19)20/h4-7,13H,8-10H2,1-3H3,(H,21,24)/t13-/m0/s1. The third kappa shape index (κ3) is 5.19. The summed E-state index contributed by atoms with van der Waals surface area (Å²) in [6.45, 7) is 5.41. The Morgan fingerprint density at radius 2 is 1.76 bits per heavy atom. The molecule has 1 aromatic carbocycles. The molecule has 0 saturated carbocycles. The monoisotopic (exact) mass is 358 g/mol. The lowest BCUT2D eigenvalue weighted by atomic mass is 10.1. The molecule has 2 amide bonds. The molecular formula is C17H21F3N2O3. The van der Waals surface area contributed by atoms with Gasteiger partial charge in [-0.05, 0) is 38.5 Å². The minimum Gasteiger partial charge on any atom is -0.373 e. The minimum absolute atomic E-state index is 0.0156. The highest BCUT2D eigenvalue weighted by molar-refractivity contribution is 5.94. The van der Waals surface area contributed by atoms with E-state index in [0.717, 1.165) is 12.1 Å². The van der Waals surface area contributed by atoms with Crippen molar-refractivity contribution in [3.8, 4) is 0 Å². The Balaban J connectivity index is 2.15. The Labute approximate surface area is 144 Å². The topological polar surface area (TPSA) is 58.6 Å². The number of carbonyl (C=O) groups excluding carboxylic acids is 2. The summed E-state index contributed by atoms with van der Waals surface area (Å²) in [5.74, 6) is -0.641. The summed E-state index contributed by atoms with van der Waals surface area (Å²) < 4.78 is 43.5. The summed E-state index contributed by atoms with van der Waals surface area (Å²) in [7, 11) is 0. The van der Waals surface area contributed by atoms with Crippen molar-refractivity contribution in [3.63, 3.8) is 0 Å². The molecule has 1 saturated heterocycles. The van der Waals surface area contributed by atoms with E-state index in [1.54, 1.807) is 0 Å². The molecule has 1 atom stereocenters. The van der Waals surface area contributed by atoms with Gasteiger partial charge in [0.25, 0.3) is 0 Å². The van der Waals surface area contributed by atoms with E-state index in [1.165, 1.54) is 17.0 Å². The molecule has 1 heterocycles. The second kappa shape index (κ2) is 7.03. The van der Waals surface area contributed by atoms with Crippen LogP contribution in [0.1, 0.15) is 31.9 Å². The van der Waals surface area contributed by atoms with E-state index < -0.39 is 23.4 Å². The van der Waals surface area contributed by atoms with Gasteiger partial charge < -0.3 is 15.0 Å². The second-order valence-electron chi connectivity index (χ2n) is 6.87. The number of benzene rings is 1. The van der Waals surface area contributed by atoms with Gasteiger partial charge in [0, 0.05) is 6.54 Å². The van der Waals surface area contributed by atoms with E-state index in [2.05, 4.69) is 5.32 Å². The highest BCUT2D eigenvalue weighted by atomic mass is 19.4. The molecule has 1 aliphatic rings. The van der Waals surface area contributed by atoms with Crippen LogP contribution in [0.2, 0.25) is 0 Å². The predicted molar refractivity (Wildman–Crippen MR) is 84.5 cm³/mol. The molecule has 0 spiro atoms. The van der Waals surface area contributed by atoms with Crippen LogP contribution in [0.15, 0.2) is 24.3 Å². The number of halogens is 3. The van der Waals surface area contributed by atoms with Crippen molar-refractivity contribution in [1.29, 1.82) is 0 Å². The molecule has 0 radical (unpaired) electrons. The highest BCUT2D eigenvalue weighted by Crippen LogP contribution is 2.29. The lowest BCUT2D eigenvalue weighted by Crippen LogP contribution is -2.60. The van der Waals surface area contributed by atoms with Crippen LogP contribution in [-0.4, -0.2) is 41.5 Å². The van der Waals surface area contributed by atoms with E-state index in [0.29, 0.717) is 5.56 Å². The fourth-order valence-corrected chi connectivity index (χ4v) is 2.39. The smallest absolute Gasteiger partial charge is 0.373 e. The first-order chi connectivity index (χ1) is 11.5. The number of piperazine rings is 1. The molecule has 1 fully saturated rings. The van der Waals surface area contributed by atoms with Crippen LogP contribution < -0.4 is 5.32 Å². The van der Waals surface area contributed by atoms with Gasteiger partial charge in [0.2, 0.25) is 11.8 Å². The van der Waals surface area contributed by atoms with Gasteiger partial charge in [-0.25, -0.2) is 0 Å². The molecule has 0 unspecified atom stereocenters. The molecular weight excluding hydrogens is 337 g/mol. The second-order valence-corrected chi connectivity index (χ2v) is 6.87. The number of ether oxygens (including phenoxy) is 1. The molecule has 0 bridgehead atoms. The first-order valence-corrected chi connectivity index (χ1v) is 7.84. The van der Waals surface area contributed by atoms with Gasteiger partial charge in [-0.15, -0.1) is 0 Å². The predicted octanol–water partition coefficient (Wildman–Crippen LogP) is 2.35. The van der Waals surface area contributed by atoms with Crippen molar-refractivity contribution in [2.24, 2.45) is 0 Å². The van der Waals surface area contributed by atoms with Gasteiger partial charge in [0.05, 0.1) is 24.3 Å². The summed E-state index contributed by atoms with van der Waals surface area (Å²) in [4.78, 5) is 25.6. The van der Waals surface area contributed by atoms with E-state index in [-0.39, 0.29) is 31.5 Å². The van der Waals surface area contributed by atoms with Gasteiger partial charge in [-0.1, -0.05) is 12.1 Å². The fourth-order valence-electron chi connectivity index (χ4n) is 2.39. The molecule has 138 valence electrons. The van der Waals surface area contributed by atoms with Crippen LogP contribution in [0.25, 0.3) is 0 Å². The van der Waals surface area contributed by atoms with E-state index in [9.17, 15) is 22.8 Å². The van der Waals surface area contributed by atoms with Crippen LogP contribution in [-0.2, 0) is 27.0 Å². The summed E-state index contributed by atoms with van der Waals surface area (Å²) in [6, 6.07) is 3.73. The number of carbonyl (C=O) groups is 2. The quantitative estimate of drug-likeness (QED) is 0.899. The third-order valence-electron chi connectivity index (χ3n) is 3.72. The van der Waals surface area contributed by atoms with Crippen molar-refractivity contribution in [3.05, 3.63) is 35.4 Å². The molecule has 0 aliphatic carbocycles. The van der Waals surface area contributed by atoms with Crippen molar-refractivity contribution in [2.75, 3.05) is 13.2 Å². The van der Waals surface area contributed by atoms with E-state index >= 15 is 0 Å². The summed E-state index contributed by atoms with van der Waals surface area (Å²) in [5, 5.41) is 2.50. The van der Waals surface area contributed by atoms with Crippen molar-refractivity contribution >= 4 is 11.8 Å². The maximum Gasteiger partial charge on any atom is 0.416 e. The van der Waals surface area contributed by atoms with Crippen molar-refractivity contribution < 1.29 is 27.5 Å². The zero-order valence-corrected chi connectivity index (χ0v) is 14.3. The molecule has 1 aromatic rings. The molecule has 8 heteroatoms. The number of amides is 2. The lowest BCUT2D eigenvalue weighted by Gasteiger charge is -2.36. The van der Waals surface area contributed by atoms with Crippen molar-refractivity contribution in [1.82, 2.24) is 10.2 Å². The first kappa shape index (κ1) is 19.2. The van der Waals surface area contributed by atoms with Crippen LogP contribution in [0.5, 0.6) is 0 Å². The van der Waals surface area contributed by atoms with Crippen molar-refractivity contribution in [2.45, 2.75) is 45.1 Å². The summed E-state index contributed by atoms with van der Waals surface area (Å²) in [6.07, 6.45) is -4.41. The number of hydrogen-bond acceptors (Lipinski definition) is 3. The highest BCUT2D eigenvalue weighted by Gasteiger charge is 2.36. The van der Waals surface area contributed by atoms with E-state index in [4.69, 9.17) is 4.74 Å². The van der Waals surface area contributed by atoms with Crippen LogP contribution >= 0.6 is 0 Å². The number of alkyl halides is 3. The third-order valence-corrected chi connectivity index (χ3v) is 3.72. The van der Waals surface area contributed by atoms with Crippen LogP contribution in [0.4, 0.5) is 13.2 Å². The Morgan fingerprint density at radius 1 is 1.16 bits per heavy atom.